The van der Waals surface area contributed by atoms with Gasteiger partial charge < -0.3 is 5.32 Å². The molecular formula is C17H24N6. The van der Waals surface area contributed by atoms with Gasteiger partial charge in [-0.3, -0.25) is 10.00 Å². The molecule has 1 saturated heterocycles. The van der Waals surface area contributed by atoms with Crippen molar-refractivity contribution in [2.75, 3.05) is 18.4 Å². The van der Waals surface area contributed by atoms with Crippen LogP contribution in [-0.4, -0.2) is 44.2 Å². The second-order valence-electron chi connectivity index (χ2n) is 6.62. The van der Waals surface area contributed by atoms with Gasteiger partial charge in [0.05, 0.1) is 5.69 Å². The molecule has 6 nitrogen and oxygen atoms in total. The molecule has 0 unspecified atom stereocenters. The van der Waals surface area contributed by atoms with Crippen LogP contribution in [0.3, 0.4) is 0 Å². The number of anilines is 1. The predicted molar refractivity (Wildman–Crippen MR) is 89.2 cm³/mol. The fraction of sp³-hybridized carbons (Fsp3) is 0.588. The quantitative estimate of drug-likeness (QED) is 0.905. The zero-order valence-electron chi connectivity index (χ0n) is 13.5. The largest absolute Gasteiger partial charge is 0.367 e. The molecule has 3 heterocycles. The summed E-state index contributed by atoms with van der Waals surface area (Å²) in [6.07, 6.45) is 10.7. The Balaban J connectivity index is 1.31. The van der Waals surface area contributed by atoms with E-state index in [0.29, 0.717) is 6.04 Å². The Kier molecular flexibility index (Phi) is 4.24. The summed E-state index contributed by atoms with van der Waals surface area (Å²) in [6.45, 7) is 3.22. The summed E-state index contributed by atoms with van der Waals surface area (Å²) in [4.78, 5) is 10.7. The van der Waals surface area contributed by atoms with Crippen LogP contribution in [0.2, 0.25) is 0 Å². The highest BCUT2D eigenvalue weighted by Crippen LogP contribution is 2.24. The zero-order chi connectivity index (χ0) is 15.5. The Hall–Kier alpha value is -1.95. The lowest BCUT2D eigenvalue weighted by molar-refractivity contribution is 0.208. The highest BCUT2D eigenvalue weighted by molar-refractivity contribution is 5.33. The summed E-state index contributed by atoms with van der Waals surface area (Å²) in [6, 6.07) is 2.44. The molecule has 1 fully saturated rings. The number of aryl methyl sites for hydroxylation is 1. The van der Waals surface area contributed by atoms with E-state index in [9.17, 15) is 0 Å². The van der Waals surface area contributed by atoms with E-state index >= 15 is 0 Å². The molecule has 2 aromatic rings. The number of nitrogens with one attached hydrogen (secondary N) is 2. The number of aromatic nitrogens is 4. The first kappa shape index (κ1) is 14.6. The van der Waals surface area contributed by atoms with E-state index in [2.05, 4.69) is 30.4 Å². The maximum absolute atomic E-state index is 4.58. The molecule has 4 rings (SSSR count). The van der Waals surface area contributed by atoms with Gasteiger partial charge in [-0.15, -0.1) is 0 Å². The molecule has 0 aromatic carbocycles. The van der Waals surface area contributed by atoms with Crippen LogP contribution in [0.5, 0.6) is 0 Å². The molecule has 0 bridgehead atoms. The van der Waals surface area contributed by atoms with Gasteiger partial charge in [-0.25, -0.2) is 9.97 Å². The van der Waals surface area contributed by atoms with Gasteiger partial charge in [0.2, 0.25) is 0 Å². The van der Waals surface area contributed by atoms with Crippen molar-refractivity contribution in [1.82, 2.24) is 25.1 Å². The number of hydrogen-bond donors (Lipinski definition) is 2. The van der Waals surface area contributed by atoms with Crippen molar-refractivity contribution in [3.63, 3.8) is 0 Å². The maximum Gasteiger partial charge on any atom is 0.129 e. The van der Waals surface area contributed by atoms with Crippen LogP contribution in [-0.2, 0) is 19.4 Å². The lowest BCUT2D eigenvalue weighted by Gasteiger charge is -2.32. The minimum Gasteiger partial charge on any atom is -0.367 e. The summed E-state index contributed by atoms with van der Waals surface area (Å²) in [5.41, 5.74) is 4.16. The lowest BCUT2D eigenvalue weighted by Crippen LogP contribution is -2.39. The fourth-order valence-electron chi connectivity index (χ4n) is 3.71. The third kappa shape index (κ3) is 3.37. The molecule has 122 valence electrons. The molecule has 0 radical (unpaired) electrons. The van der Waals surface area contributed by atoms with Crippen LogP contribution < -0.4 is 5.32 Å². The van der Waals surface area contributed by atoms with Gasteiger partial charge >= 0.3 is 0 Å². The van der Waals surface area contributed by atoms with E-state index in [4.69, 9.17) is 0 Å². The number of likely N-dealkylation sites (tertiary alicyclic amines) is 1. The van der Waals surface area contributed by atoms with E-state index in [-0.39, 0.29) is 0 Å². The molecule has 6 heteroatoms. The van der Waals surface area contributed by atoms with Gasteiger partial charge in [0.25, 0.3) is 0 Å². The monoisotopic (exact) mass is 312 g/mol. The Morgan fingerprint density at radius 1 is 1.22 bits per heavy atom. The summed E-state index contributed by atoms with van der Waals surface area (Å²) < 4.78 is 0. The first-order valence-electron chi connectivity index (χ1n) is 8.68. The van der Waals surface area contributed by atoms with E-state index < -0.39 is 0 Å². The number of nitrogens with zero attached hydrogens (tertiary/aromatic N) is 4. The molecule has 1 aliphatic heterocycles. The van der Waals surface area contributed by atoms with Crippen molar-refractivity contribution < 1.29 is 0 Å². The molecular weight excluding hydrogens is 288 g/mol. The second-order valence-corrected chi connectivity index (χ2v) is 6.62. The van der Waals surface area contributed by atoms with Crippen LogP contribution in [0.25, 0.3) is 0 Å². The van der Waals surface area contributed by atoms with Gasteiger partial charge in [0.15, 0.2) is 0 Å². The number of piperidine rings is 1. The molecule has 1 aliphatic carbocycles. The topological polar surface area (TPSA) is 69.7 Å². The normalized spacial score (nSPS) is 19.5. The molecule has 23 heavy (non-hydrogen) atoms. The third-order valence-electron chi connectivity index (χ3n) is 5.04. The number of fused-ring (bicyclic) bond motifs is 1. The van der Waals surface area contributed by atoms with Crippen LogP contribution >= 0.6 is 0 Å². The van der Waals surface area contributed by atoms with Crippen molar-refractivity contribution >= 4 is 5.82 Å². The zero-order valence-corrected chi connectivity index (χ0v) is 13.5. The van der Waals surface area contributed by atoms with E-state index in [0.717, 1.165) is 38.3 Å². The Labute approximate surface area is 136 Å². The van der Waals surface area contributed by atoms with Crippen molar-refractivity contribution in [3.8, 4) is 0 Å². The van der Waals surface area contributed by atoms with Gasteiger partial charge in [-0.1, -0.05) is 0 Å². The van der Waals surface area contributed by atoms with Crippen LogP contribution in [0.15, 0.2) is 18.6 Å². The molecule has 2 aliphatic rings. The summed E-state index contributed by atoms with van der Waals surface area (Å²) in [7, 11) is 0. The van der Waals surface area contributed by atoms with Gasteiger partial charge in [-0.05, 0) is 50.2 Å². The average molecular weight is 312 g/mol. The lowest BCUT2D eigenvalue weighted by atomic mass is 9.95. The van der Waals surface area contributed by atoms with E-state index in [1.807, 2.05) is 6.07 Å². The van der Waals surface area contributed by atoms with Gasteiger partial charge in [-0.2, -0.15) is 5.10 Å². The number of rotatable bonds is 4. The third-order valence-corrected chi connectivity index (χ3v) is 5.04. The van der Waals surface area contributed by atoms with Crippen LogP contribution in [0.4, 0.5) is 5.82 Å². The highest BCUT2D eigenvalue weighted by atomic mass is 15.2. The molecule has 2 aromatic heterocycles. The molecule has 0 amide bonds. The van der Waals surface area contributed by atoms with Crippen LogP contribution in [0, 0.1) is 0 Å². The van der Waals surface area contributed by atoms with Crippen molar-refractivity contribution in [2.24, 2.45) is 0 Å². The van der Waals surface area contributed by atoms with Gasteiger partial charge in [0.1, 0.15) is 12.1 Å². The first-order chi connectivity index (χ1) is 11.4. The minimum atomic E-state index is 0.509. The number of H-pyrrole nitrogens is 1. The maximum atomic E-state index is 4.58. The van der Waals surface area contributed by atoms with Crippen molar-refractivity contribution in [3.05, 3.63) is 35.5 Å². The minimum absolute atomic E-state index is 0.509. The Morgan fingerprint density at radius 3 is 2.91 bits per heavy atom. The van der Waals surface area contributed by atoms with Crippen molar-refractivity contribution in [1.29, 1.82) is 0 Å². The second kappa shape index (κ2) is 6.66. The fourth-order valence-corrected chi connectivity index (χ4v) is 3.71. The predicted octanol–water partition coefficient (Wildman–Crippen LogP) is 2.16. The van der Waals surface area contributed by atoms with Crippen molar-refractivity contribution in [2.45, 2.75) is 51.1 Å². The summed E-state index contributed by atoms with van der Waals surface area (Å²) in [5, 5.41) is 11.3. The SMILES string of the molecule is c1cc(NC2CCN(Cc3n[nH]c4c3CCCC4)CC2)ncn1. The Bertz CT molecular complexity index is 630. The smallest absolute Gasteiger partial charge is 0.129 e. The molecule has 0 spiro atoms. The van der Waals surface area contributed by atoms with Crippen LogP contribution in [0.1, 0.15) is 42.6 Å². The first-order valence-corrected chi connectivity index (χ1v) is 8.68. The Morgan fingerprint density at radius 2 is 2.09 bits per heavy atom. The molecule has 0 atom stereocenters. The average Bonchev–Trinajstić information content (AvgIpc) is 3.01. The molecule has 2 N–H and O–H groups in total. The highest BCUT2D eigenvalue weighted by Gasteiger charge is 2.23. The molecule has 0 saturated carbocycles. The van der Waals surface area contributed by atoms with Gasteiger partial charge in [0, 0.05) is 37.6 Å². The number of hydrogen-bond acceptors (Lipinski definition) is 5. The standard InChI is InChI=1S/C17H24N6/c1-2-4-15-14(3-1)16(22-21-15)11-23-9-6-13(7-10-23)20-17-5-8-18-12-19-17/h5,8,12-13H,1-4,6-7,9-11H2,(H,21,22)(H,18,19,20). The van der Waals surface area contributed by atoms with E-state index in [1.165, 1.54) is 42.6 Å². The summed E-state index contributed by atoms with van der Waals surface area (Å²) in [5.74, 6) is 0.930. The number of aromatic amines is 1. The van der Waals surface area contributed by atoms with E-state index in [1.54, 1.807) is 12.5 Å². The summed E-state index contributed by atoms with van der Waals surface area (Å²) >= 11 is 0.